The molecule has 5 heteroatoms. The van der Waals surface area contributed by atoms with E-state index in [1.165, 1.54) is 5.56 Å². The largest absolute Gasteiger partial charge is 0.478 e. The molecule has 2 unspecified atom stereocenters. The Morgan fingerprint density at radius 1 is 1.12 bits per heavy atom. The van der Waals surface area contributed by atoms with Crippen molar-refractivity contribution in [2.45, 2.75) is 31.1 Å². The lowest BCUT2D eigenvalue weighted by atomic mass is 10.0. The molecule has 1 amide bonds. The Labute approximate surface area is 158 Å². The van der Waals surface area contributed by atoms with E-state index in [-0.39, 0.29) is 17.5 Å². The molecule has 1 aliphatic rings. The molecule has 3 rings (SSSR count). The molecule has 1 N–H and O–H groups in total. The molecular weight excluding hydrogens is 346 g/mol. The Kier molecular flexibility index (Phi) is 5.99. The summed E-state index contributed by atoms with van der Waals surface area (Å²) >= 11 is 1.91. The predicted molar refractivity (Wildman–Crippen MR) is 105 cm³/mol. The first-order valence-electron chi connectivity index (χ1n) is 8.84. The molecule has 1 heterocycles. The van der Waals surface area contributed by atoms with Crippen LogP contribution >= 0.6 is 11.8 Å². The van der Waals surface area contributed by atoms with Crippen molar-refractivity contribution in [3.05, 3.63) is 71.3 Å². The minimum Gasteiger partial charge on any atom is -0.478 e. The SMILES string of the molecule is CC1SCCN(C(=O)CCc2ccc(C(=O)O)cc2)C1c1ccccc1. The van der Waals surface area contributed by atoms with Crippen LogP contribution in [0.2, 0.25) is 0 Å². The van der Waals surface area contributed by atoms with Crippen LogP contribution in [0.5, 0.6) is 0 Å². The van der Waals surface area contributed by atoms with Crippen molar-refractivity contribution >= 4 is 23.6 Å². The quantitative estimate of drug-likeness (QED) is 0.865. The number of amides is 1. The number of hydrogen-bond acceptors (Lipinski definition) is 3. The second-order valence-corrected chi connectivity index (χ2v) is 8.01. The summed E-state index contributed by atoms with van der Waals surface area (Å²) in [6.07, 6.45) is 1.06. The number of hydrogen-bond donors (Lipinski definition) is 1. The molecule has 1 fully saturated rings. The smallest absolute Gasteiger partial charge is 0.335 e. The minimum absolute atomic E-state index is 0.108. The second kappa shape index (κ2) is 8.41. The van der Waals surface area contributed by atoms with Crippen LogP contribution in [0.3, 0.4) is 0 Å². The average Bonchev–Trinajstić information content (AvgIpc) is 2.67. The standard InChI is InChI=1S/C21H23NO3S/c1-15-20(17-5-3-2-4-6-17)22(13-14-26-15)19(23)12-9-16-7-10-18(11-8-16)21(24)25/h2-8,10-11,15,20H,9,12-14H2,1H3,(H,24,25). The number of carboxylic acids is 1. The third kappa shape index (κ3) is 4.28. The highest BCUT2D eigenvalue weighted by atomic mass is 32.2. The normalized spacial score (nSPS) is 20.0. The van der Waals surface area contributed by atoms with E-state index >= 15 is 0 Å². The van der Waals surface area contributed by atoms with Gasteiger partial charge >= 0.3 is 5.97 Å². The van der Waals surface area contributed by atoms with Gasteiger partial charge in [0, 0.05) is 24.0 Å². The molecule has 0 aliphatic carbocycles. The molecule has 136 valence electrons. The van der Waals surface area contributed by atoms with E-state index in [0.717, 1.165) is 17.9 Å². The van der Waals surface area contributed by atoms with Crippen molar-refractivity contribution in [3.63, 3.8) is 0 Å². The van der Waals surface area contributed by atoms with Gasteiger partial charge in [0.2, 0.25) is 5.91 Å². The van der Waals surface area contributed by atoms with E-state index in [9.17, 15) is 9.59 Å². The fraction of sp³-hybridized carbons (Fsp3) is 0.333. The first kappa shape index (κ1) is 18.5. The molecule has 26 heavy (non-hydrogen) atoms. The van der Waals surface area contributed by atoms with Crippen molar-refractivity contribution in [1.29, 1.82) is 0 Å². The van der Waals surface area contributed by atoms with Crippen molar-refractivity contribution in [2.24, 2.45) is 0 Å². The minimum atomic E-state index is -0.932. The van der Waals surface area contributed by atoms with Gasteiger partial charge < -0.3 is 10.0 Å². The van der Waals surface area contributed by atoms with Gasteiger partial charge in [-0.1, -0.05) is 49.4 Å². The van der Waals surface area contributed by atoms with Crippen molar-refractivity contribution < 1.29 is 14.7 Å². The van der Waals surface area contributed by atoms with Crippen LogP contribution in [0.25, 0.3) is 0 Å². The number of aromatic carboxylic acids is 1. The van der Waals surface area contributed by atoms with Crippen LogP contribution in [0, 0.1) is 0 Å². The summed E-state index contributed by atoms with van der Waals surface area (Å²) in [5, 5.41) is 9.33. The number of thioether (sulfide) groups is 1. The van der Waals surface area contributed by atoms with Gasteiger partial charge in [-0.2, -0.15) is 11.8 Å². The van der Waals surface area contributed by atoms with E-state index in [1.54, 1.807) is 24.3 Å². The van der Waals surface area contributed by atoms with Gasteiger partial charge in [-0.05, 0) is 29.7 Å². The summed E-state index contributed by atoms with van der Waals surface area (Å²) in [5.41, 5.74) is 2.44. The van der Waals surface area contributed by atoms with Crippen LogP contribution in [0.15, 0.2) is 54.6 Å². The first-order valence-corrected chi connectivity index (χ1v) is 9.89. The zero-order chi connectivity index (χ0) is 18.5. The number of benzene rings is 2. The number of carbonyl (C=O) groups excluding carboxylic acids is 1. The maximum atomic E-state index is 12.9. The van der Waals surface area contributed by atoms with E-state index in [0.29, 0.717) is 18.1 Å². The lowest BCUT2D eigenvalue weighted by Gasteiger charge is -2.40. The molecule has 2 atom stereocenters. The van der Waals surface area contributed by atoms with Crippen molar-refractivity contribution in [1.82, 2.24) is 4.90 Å². The highest BCUT2D eigenvalue weighted by Gasteiger charge is 2.33. The van der Waals surface area contributed by atoms with Gasteiger partial charge in [0.25, 0.3) is 0 Å². The topological polar surface area (TPSA) is 57.6 Å². The van der Waals surface area contributed by atoms with Gasteiger partial charge in [0.05, 0.1) is 11.6 Å². The number of carbonyl (C=O) groups is 2. The number of carboxylic acid groups (broad SMARTS) is 1. The van der Waals surface area contributed by atoms with Crippen LogP contribution in [0.4, 0.5) is 0 Å². The number of rotatable bonds is 5. The molecule has 0 spiro atoms. The monoisotopic (exact) mass is 369 g/mol. The van der Waals surface area contributed by atoms with Gasteiger partial charge in [0.15, 0.2) is 0 Å². The Hall–Kier alpha value is -2.27. The molecule has 2 aromatic rings. The second-order valence-electron chi connectivity index (χ2n) is 6.52. The fourth-order valence-corrected chi connectivity index (χ4v) is 4.57. The molecule has 4 nitrogen and oxygen atoms in total. The summed E-state index contributed by atoms with van der Waals surface area (Å²) < 4.78 is 0. The fourth-order valence-electron chi connectivity index (χ4n) is 3.41. The molecule has 0 radical (unpaired) electrons. The molecule has 2 aromatic carbocycles. The van der Waals surface area contributed by atoms with Gasteiger partial charge in [-0.25, -0.2) is 4.79 Å². The van der Waals surface area contributed by atoms with Crippen LogP contribution in [0.1, 0.15) is 40.9 Å². The van der Waals surface area contributed by atoms with Crippen molar-refractivity contribution in [3.8, 4) is 0 Å². The summed E-state index contributed by atoms with van der Waals surface area (Å²) in [4.78, 5) is 25.8. The third-order valence-electron chi connectivity index (χ3n) is 4.78. The van der Waals surface area contributed by atoms with E-state index in [2.05, 4.69) is 19.1 Å². The maximum Gasteiger partial charge on any atom is 0.335 e. The summed E-state index contributed by atoms with van der Waals surface area (Å²) in [6, 6.07) is 17.1. The number of aryl methyl sites for hydroxylation is 1. The van der Waals surface area contributed by atoms with E-state index < -0.39 is 5.97 Å². The third-order valence-corrected chi connectivity index (χ3v) is 5.99. The van der Waals surface area contributed by atoms with Crippen molar-refractivity contribution in [2.75, 3.05) is 12.3 Å². The van der Waals surface area contributed by atoms with E-state index in [4.69, 9.17) is 5.11 Å². The van der Waals surface area contributed by atoms with Crippen LogP contribution in [-0.2, 0) is 11.2 Å². The van der Waals surface area contributed by atoms with Crippen LogP contribution < -0.4 is 0 Å². The molecule has 1 saturated heterocycles. The lowest BCUT2D eigenvalue weighted by molar-refractivity contribution is -0.133. The summed E-state index contributed by atoms with van der Waals surface area (Å²) in [5.74, 6) is 0.190. The van der Waals surface area contributed by atoms with Gasteiger partial charge in [0.1, 0.15) is 0 Å². The van der Waals surface area contributed by atoms with Crippen LogP contribution in [-0.4, -0.2) is 39.4 Å². The Bertz CT molecular complexity index is 761. The van der Waals surface area contributed by atoms with Gasteiger partial charge in [-0.3, -0.25) is 4.79 Å². The molecule has 0 bridgehead atoms. The molecular formula is C21H23NO3S. The summed E-state index contributed by atoms with van der Waals surface area (Å²) in [6.45, 7) is 2.96. The highest BCUT2D eigenvalue weighted by Crippen LogP contribution is 2.36. The zero-order valence-electron chi connectivity index (χ0n) is 14.8. The maximum absolute atomic E-state index is 12.9. The molecule has 1 aliphatic heterocycles. The first-order chi connectivity index (χ1) is 12.6. The average molecular weight is 369 g/mol. The van der Waals surface area contributed by atoms with Gasteiger partial charge in [-0.15, -0.1) is 0 Å². The zero-order valence-corrected chi connectivity index (χ0v) is 15.6. The number of nitrogens with zero attached hydrogens (tertiary/aromatic N) is 1. The Morgan fingerprint density at radius 3 is 2.46 bits per heavy atom. The lowest BCUT2D eigenvalue weighted by Crippen LogP contribution is -2.44. The Balaban J connectivity index is 1.68. The highest BCUT2D eigenvalue weighted by molar-refractivity contribution is 8.00. The Morgan fingerprint density at radius 2 is 1.81 bits per heavy atom. The summed E-state index contributed by atoms with van der Waals surface area (Å²) in [7, 11) is 0. The predicted octanol–water partition coefficient (Wildman–Crippen LogP) is 4.02. The molecule has 0 saturated carbocycles. The molecule has 0 aromatic heterocycles. The van der Waals surface area contributed by atoms with E-state index in [1.807, 2.05) is 34.9 Å².